The van der Waals surface area contributed by atoms with Gasteiger partial charge in [0.25, 0.3) is 0 Å². The number of hydrogen-bond donors (Lipinski definition) is 2. The normalized spacial score (nSPS) is 10.4. The first-order valence-electron chi connectivity index (χ1n) is 6.58. The molecule has 0 saturated carbocycles. The monoisotopic (exact) mass is 296 g/mol. The Balaban J connectivity index is 0.00000180. The average molecular weight is 297 g/mol. The molecule has 1 aromatic heterocycles. The fourth-order valence-corrected chi connectivity index (χ4v) is 3.18. The summed E-state index contributed by atoms with van der Waals surface area (Å²) in [5.74, 6) is 0.174. The first-order chi connectivity index (χ1) is 8.72. The second-order valence-corrected chi connectivity index (χ2v) is 5.75. The van der Waals surface area contributed by atoms with Gasteiger partial charge >= 0.3 is 0 Å². The minimum atomic E-state index is 0. The van der Waals surface area contributed by atoms with Gasteiger partial charge in [-0.3, -0.25) is 5.41 Å². The molecule has 1 aromatic carbocycles. The highest BCUT2D eigenvalue weighted by atomic mass is 35.5. The van der Waals surface area contributed by atoms with E-state index in [-0.39, 0.29) is 18.2 Å². The number of aryl methyl sites for hydroxylation is 1. The van der Waals surface area contributed by atoms with E-state index in [1.807, 2.05) is 0 Å². The van der Waals surface area contributed by atoms with Crippen molar-refractivity contribution in [3.8, 4) is 0 Å². The molecule has 2 aromatic rings. The van der Waals surface area contributed by atoms with Crippen molar-refractivity contribution in [3.63, 3.8) is 0 Å². The van der Waals surface area contributed by atoms with E-state index < -0.39 is 0 Å². The number of fused-ring (bicyclic) bond motifs is 1. The summed E-state index contributed by atoms with van der Waals surface area (Å²) in [7, 11) is 0. The van der Waals surface area contributed by atoms with Gasteiger partial charge in [0.2, 0.25) is 0 Å². The van der Waals surface area contributed by atoms with E-state index in [2.05, 4.69) is 31.2 Å². The molecule has 104 valence electrons. The predicted octanol–water partition coefficient (Wildman–Crippen LogP) is 4.73. The molecule has 0 bridgehead atoms. The molecule has 0 amide bonds. The van der Waals surface area contributed by atoms with Crippen molar-refractivity contribution in [1.29, 1.82) is 5.41 Å². The van der Waals surface area contributed by atoms with Crippen molar-refractivity contribution in [2.45, 2.75) is 39.0 Å². The van der Waals surface area contributed by atoms with Gasteiger partial charge in [-0.25, -0.2) is 0 Å². The van der Waals surface area contributed by atoms with Crippen LogP contribution in [0.15, 0.2) is 24.3 Å². The van der Waals surface area contributed by atoms with Gasteiger partial charge in [-0.1, -0.05) is 38.3 Å². The van der Waals surface area contributed by atoms with Gasteiger partial charge in [0.05, 0.1) is 4.88 Å². The van der Waals surface area contributed by atoms with Gasteiger partial charge in [-0.2, -0.15) is 0 Å². The zero-order valence-electron chi connectivity index (χ0n) is 11.2. The number of nitrogens with two attached hydrogens (primary N) is 1. The highest BCUT2D eigenvalue weighted by molar-refractivity contribution is 7.20. The second kappa shape index (κ2) is 7.51. The lowest BCUT2D eigenvalue weighted by atomic mass is 10.0. The number of hydrogen-bond acceptors (Lipinski definition) is 2. The van der Waals surface area contributed by atoms with Crippen molar-refractivity contribution in [3.05, 3.63) is 34.7 Å². The number of nitrogens with one attached hydrogen (secondary N) is 1. The third kappa shape index (κ3) is 3.95. The van der Waals surface area contributed by atoms with Gasteiger partial charge in [0, 0.05) is 4.70 Å². The second-order valence-electron chi connectivity index (χ2n) is 4.66. The van der Waals surface area contributed by atoms with Crippen LogP contribution in [0.2, 0.25) is 0 Å². The maximum absolute atomic E-state index is 7.52. The number of amidine groups is 1. The average Bonchev–Trinajstić information content (AvgIpc) is 2.79. The summed E-state index contributed by atoms with van der Waals surface area (Å²) in [6.07, 6.45) is 6.27. The molecule has 3 N–H and O–H groups in total. The van der Waals surface area contributed by atoms with Crippen molar-refractivity contribution >= 4 is 39.7 Å². The zero-order valence-corrected chi connectivity index (χ0v) is 12.9. The van der Waals surface area contributed by atoms with Crippen LogP contribution in [0.4, 0.5) is 0 Å². The van der Waals surface area contributed by atoms with Crippen molar-refractivity contribution in [2.75, 3.05) is 0 Å². The number of benzene rings is 1. The van der Waals surface area contributed by atoms with E-state index in [9.17, 15) is 0 Å². The molecule has 4 heteroatoms. The molecule has 0 aliphatic heterocycles. The molecule has 0 atom stereocenters. The molecule has 0 aliphatic rings. The number of unbranched alkanes of at least 4 members (excludes halogenated alkanes) is 3. The summed E-state index contributed by atoms with van der Waals surface area (Å²) in [4.78, 5) is 0.881. The van der Waals surface area contributed by atoms with Crippen LogP contribution in [0.25, 0.3) is 10.1 Å². The largest absolute Gasteiger partial charge is 0.383 e. The Labute approximate surface area is 124 Å². The first kappa shape index (κ1) is 16.0. The Morgan fingerprint density at radius 3 is 2.74 bits per heavy atom. The summed E-state index contributed by atoms with van der Waals surface area (Å²) >= 11 is 1.61. The van der Waals surface area contributed by atoms with Crippen LogP contribution < -0.4 is 5.73 Å². The maximum atomic E-state index is 7.52. The quantitative estimate of drug-likeness (QED) is 0.452. The Hall–Kier alpha value is -1.06. The van der Waals surface area contributed by atoms with Crippen LogP contribution >= 0.6 is 23.7 Å². The molecular formula is C15H21ClN2S. The fraction of sp³-hybridized carbons (Fsp3) is 0.400. The van der Waals surface area contributed by atoms with Crippen molar-refractivity contribution in [1.82, 2.24) is 0 Å². The van der Waals surface area contributed by atoms with Crippen molar-refractivity contribution in [2.24, 2.45) is 5.73 Å². The lowest BCUT2D eigenvalue weighted by Gasteiger charge is -2.02. The molecule has 0 spiro atoms. The standard InChI is InChI=1S/C15H20N2S.ClH/c1-2-3-4-5-7-11-8-6-9-13-12(11)10-14(18-13)15(16)17;/h6,8-10H,2-5,7H2,1H3,(H3,16,17);1H. The molecule has 0 unspecified atom stereocenters. The van der Waals surface area contributed by atoms with Crippen LogP contribution in [-0.2, 0) is 6.42 Å². The molecule has 0 radical (unpaired) electrons. The Morgan fingerprint density at radius 2 is 2.05 bits per heavy atom. The smallest absolute Gasteiger partial charge is 0.133 e. The van der Waals surface area contributed by atoms with Gasteiger partial charge in [-0.05, 0) is 35.9 Å². The van der Waals surface area contributed by atoms with E-state index in [1.165, 1.54) is 41.3 Å². The Morgan fingerprint density at radius 1 is 1.26 bits per heavy atom. The molecule has 0 fully saturated rings. The summed E-state index contributed by atoms with van der Waals surface area (Å²) in [6.45, 7) is 2.23. The SMILES string of the molecule is CCCCCCc1cccc2sc(C(=N)N)cc12.Cl. The Bertz CT molecular complexity index is 548. The van der Waals surface area contributed by atoms with E-state index in [0.717, 1.165) is 11.3 Å². The van der Waals surface area contributed by atoms with Crippen LogP contribution in [0.1, 0.15) is 43.0 Å². The third-order valence-corrected chi connectivity index (χ3v) is 4.35. The van der Waals surface area contributed by atoms with Crippen molar-refractivity contribution < 1.29 is 0 Å². The van der Waals surface area contributed by atoms with Crippen LogP contribution in [-0.4, -0.2) is 5.84 Å². The molecule has 0 aliphatic carbocycles. The van der Waals surface area contributed by atoms with Gasteiger partial charge in [0.1, 0.15) is 5.84 Å². The number of rotatable bonds is 6. The van der Waals surface area contributed by atoms with Crippen LogP contribution in [0.3, 0.4) is 0 Å². The number of halogens is 1. The van der Waals surface area contributed by atoms with E-state index in [4.69, 9.17) is 11.1 Å². The lowest BCUT2D eigenvalue weighted by Crippen LogP contribution is -2.08. The predicted molar refractivity (Wildman–Crippen MR) is 87.9 cm³/mol. The number of thiophene rings is 1. The summed E-state index contributed by atoms with van der Waals surface area (Å²) in [5, 5.41) is 8.80. The summed E-state index contributed by atoms with van der Waals surface area (Å²) in [5.41, 5.74) is 6.96. The Kier molecular flexibility index (Phi) is 6.32. The summed E-state index contributed by atoms with van der Waals surface area (Å²) in [6, 6.07) is 8.49. The fourth-order valence-electron chi connectivity index (χ4n) is 2.21. The molecule has 19 heavy (non-hydrogen) atoms. The highest BCUT2D eigenvalue weighted by Crippen LogP contribution is 2.29. The van der Waals surface area contributed by atoms with Gasteiger partial charge in [0.15, 0.2) is 0 Å². The molecule has 2 rings (SSSR count). The van der Waals surface area contributed by atoms with E-state index >= 15 is 0 Å². The highest BCUT2D eigenvalue weighted by Gasteiger charge is 2.07. The van der Waals surface area contributed by atoms with Crippen LogP contribution in [0.5, 0.6) is 0 Å². The third-order valence-electron chi connectivity index (χ3n) is 3.22. The first-order valence-corrected chi connectivity index (χ1v) is 7.40. The maximum Gasteiger partial charge on any atom is 0.133 e. The minimum absolute atomic E-state index is 0. The van der Waals surface area contributed by atoms with E-state index in [1.54, 1.807) is 11.3 Å². The summed E-state index contributed by atoms with van der Waals surface area (Å²) < 4.78 is 1.24. The van der Waals surface area contributed by atoms with Gasteiger partial charge < -0.3 is 5.73 Å². The molecule has 2 nitrogen and oxygen atoms in total. The minimum Gasteiger partial charge on any atom is -0.383 e. The molecular weight excluding hydrogens is 276 g/mol. The zero-order chi connectivity index (χ0) is 13.0. The molecule has 0 saturated heterocycles. The molecule has 1 heterocycles. The van der Waals surface area contributed by atoms with E-state index in [0.29, 0.717) is 0 Å². The topological polar surface area (TPSA) is 49.9 Å². The van der Waals surface area contributed by atoms with Gasteiger partial charge in [-0.15, -0.1) is 23.7 Å². The lowest BCUT2D eigenvalue weighted by molar-refractivity contribution is 0.668. The van der Waals surface area contributed by atoms with Crippen LogP contribution in [0, 0.1) is 5.41 Å². The number of nitrogen functional groups attached to an aromatic ring is 1.